The van der Waals surface area contributed by atoms with Crippen molar-refractivity contribution in [3.8, 4) is 5.75 Å². The van der Waals surface area contributed by atoms with Gasteiger partial charge < -0.3 is 14.6 Å². The fourth-order valence-electron chi connectivity index (χ4n) is 1.35. The lowest BCUT2D eigenvalue weighted by molar-refractivity contribution is -0.148. The third-order valence-electron chi connectivity index (χ3n) is 2.39. The number of hydrogen-bond acceptors (Lipinski definition) is 4. The average Bonchev–Trinajstić information content (AvgIpc) is 2.34. The second-order valence-corrected chi connectivity index (χ2v) is 4.54. The van der Waals surface area contributed by atoms with Crippen LogP contribution in [0.1, 0.15) is 32.3 Å². The standard InChI is InChI=1S/C14H20O4/c1-10(2)12-4-6-13(7-5-12)17-9-14(16)18-8-11(3)15/h4-7,10-11,15H,8-9H2,1-3H3. The maximum Gasteiger partial charge on any atom is 0.344 e. The fraction of sp³-hybridized carbons (Fsp3) is 0.500. The summed E-state index contributed by atoms with van der Waals surface area (Å²) in [4.78, 5) is 11.2. The summed E-state index contributed by atoms with van der Waals surface area (Å²) < 4.78 is 10.1. The van der Waals surface area contributed by atoms with Gasteiger partial charge in [-0.1, -0.05) is 26.0 Å². The molecule has 4 heteroatoms. The van der Waals surface area contributed by atoms with Crippen LogP contribution in [0.3, 0.4) is 0 Å². The molecule has 0 aromatic heterocycles. The Morgan fingerprint density at radius 3 is 2.33 bits per heavy atom. The number of rotatable bonds is 6. The van der Waals surface area contributed by atoms with Gasteiger partial charge in [-0.15, -0.1) is 0 Å². The molecular formula is C14H20O4. The van der Waals surface area contributed by atoms with Crippen molar-refractivity contribution in [1.29, 1.82) is 0 Å². The molecule has 0 amide bonds. The number of aliphatic hydroxyl groups excluding tert-OH is 1. The first-order chi connectivity index (χ1) is 8.49. The zero-order chi connectivity index (χ0) is 13.5. The van der Waals surface area contributed by atoms with Gasteiger partial charge in [-0.2, -0.15) is 0 Å². The number of hydrogen-bond donors (Lipinski definition) is 1. The van der Waals surface area contributed by atoms with Gasteiger partial charge in [0, 0.05) is 0 Å². The summed E-state index contributed by atoms with van der Waals surface area (Å²) >= 11 is 0. The number of ether oxygens (including phenoxy) is 2. The van der Waals surface area contributed by atoms with Crippen molar-refractivity contribution in [3.63, 3.8) is 0 Å². The third-order valence-corrected chi connectivity index (χ3v) is 2.39. The molecule has 0 aliphatic carbocycles. The molecule has 18 heavy (non-hydrogen) atoms. The van der Waals surface area contributed by atoms with Crippen molar-refractivity contribution < 1.29 is 19.4 Å². The van der Waals surface area contributed by atoms with Gasteiger partial charge >= 0.3 is 5.97 Å². The summed E-state index contributed by atoms with van der Waals surface area (Å²) in [7, 11) is 0. The van der Waals surface area contributed by atoms with E-state index in [-0.39, 0.29) is 13.2 Å². The Morgan fingerprint density at radius 1 is 1.22 bits per heavy atom. The molecule has 0 radical (unpaired) electrons. The van der Waals surface area contributed by atoms with E-state index in [0.29, 0.717) is 11.7 Å². The lowest BCUT2D eigenvalue weighted by Gasteiger charge is -2.09. The SMILES string of the molecule is CC(O)COC(=O)COc1ccc(C(C)C)cc1. The van der Waals surface area contributed by atoms with E-state index in [1.54, 1.807) is 6.92 Å². The first kappa shape index (κ1) is 14.5. The average molecular weight is 252 g/mol. The van der Waals surface area contributed by atoms with Crippen LogP contribution < -0.4 is 4.74 Å². The predicted molar refractivity (Wildman–Crippen MR) is 68.7 cm³/mol. The van der Waals surface area contributed by atoms with Gasteiger partial charge in [-0.25, -0.2) is 4.79 Å². The molecule has 1 aromatic rings. The molecule has 1 atom stereocenters. The van der Waals surface area contributed by atoms with E-state index < -0.39 is 12.1 Å². The number of carbonyl (C=O) groups excluding carboxylic acids is 1. The van der Waals surface area contributed by atoms with Crippen LogP contribution >= 0.6 is 0 Å². The molecule has 1 aromatic carbocycles. The highest BCUT2D eigenvalue weighted by Crippen LogP contribution is 2.18. The van der Waals surface area contributed by atoms with Gasteiger partial charge in [0.05, 0.1) is 6.10 Å². The van der Waals surface area contributed by atoms with Crippen LogP contribution in [0.5, 0.6) is 5.75 Å². The minimum Gasteiger partial charge on any atom is -0.482 e. The largest absolute Gasteiger partial charge is 0.482 e. The van der Waals surface area contributed by atoms with Crippen molar-refractivity contribution in [2.75, 3.05) is 13.2 Å². The molecule has 0 heterocycles. The van der Waals surface area contributed by atoms with Crippen LogP contribution in [-0.2, 0) is 9.53 Å². The number of esters is 1. The summed E-state index contributed by atoms with van der Waals surface area (Å²) in [5, 5.41) is 8.95. The van der Waals surface area contributed by atoms with E-state index in [1.807, 2.05) is 24.3 Å². The topological polar surface area (TPSA) is 55.8 Å². The maximum atomic E-state index is 11.2. The summed E-state index contributed by atoms with van der Waals surface area (Å²) in [5.74, 6) is 0.618. The molecule has 0 fully saturated rings. The normalized spacial score (nSPS) is 12.3. The Kier molecular flexibility index (Phi) is 5.65. The Bertz CT molecular complexity index is 368. The van der Waals surface area contributed by atoms with Crippen LogP contribution in [-0.4, -0.2) is 30.4 Å². The zero-order valence-corrected chi connectivity index (χ0v) is 11.1. The highest BCUT2D eigenvalue weighted by Gasteiger charge is 2.06. The first-order valence-corrected chi connectivity index (χ1v) is 6.05. The van der Waals surface area contributed by atoms with E-state index in [1.165, 1.54) is 5.56 Å². The number of carbonyl (C=O) groups is 1. The second-order valence-electron chi connectivity index (χ2n) is 4.54. The summed E-state index contributed by atoms with van der Waals surface area (Å²) in [6.45, 7) is 5.63. The summed E-state index contributed by atoms with van der Waals surface area (Å²) in [6, 6.07) is 7.61. The van der Waals surface area contributed by atoms with E-state index in [4.69, 9.17) is 14.6 Å². The van der Waals surface area contributed by atoms with Crippen molar-refractivity contribution in [1.82, 2.24) is 0 Å². The fourth-order valence-corrected chi connectivity index (χ4v) is 1.35. The molecule has 1 rings (SSSR count). The lowest BCUT2D eigenvalue weighted by Crippen LogP contribution is -2.20. The Hall–Kier alpha value is -1.55. The molecule has 0 saturated carbocycles. The van der Waals surface area contributed by atoms with Crippen molar-refractivity contribution in [3.05, 3.63) is 29.8 Å². The molecule has 1 unspecified atom stereocenters. The molecule has 0 saturated heterocycles. The molecular weight excluding hydrogens is 232 g/mol. The monoisotopic (exact) mass is 252 g/mol. The van der Waals surface area contributed by atoms with Crippen molar-refractivity contribution >= 4 is 5.97 Å². The van der Waals surface area contributed by atoms with Gasteiger partial charge in [0.1, 0.15) is 12.4 Å². The molecule has 4 nitrogen and oxygen atoms in total. The van der Waals surface area contributed by atoms with Gasteiger partial charge in [0.15, 0.2) is 6.61 Å². The smallest absolute Gasteiger partial charge is 0.344 e. The van der Waals surface area contributed by atoms with Crippen LogP contribution in [0.2, 0.25) is 0 Å². The van der Waals surface area contributed by atoms with Gasteiger partial charge in [0.2, 0.25) is 0 Å². The Morgan fingerprint density at radius 2 is 1.83 bits per heavy atom. The van der Waals surface area contributed by atoms with Crippen LogP contribution in [0, 0.1) is 0 Å². The van der Waals surface area contributed by atoms with E-state index in [0.717, 1.165) is 0 Å². The molecule has 1 N–H and O–H groups in total. The summed E-state index contributed by atoms with van der Waals surface area (Å²) in [6.07, 6.45) is -0.653. The predicted octanol–water partition coefficient (Wildman–Crippen LogP) is 2.11. The third kappa shape index (κ3) is 5.19. The van der Waals surface area contributed by atoms with Gasteiger partial charge in [0.25, 0.3) is 0 Å². The Labute approximate surface area is 108 Å². The lowest BCUT2D eigenvalue weighted by atomic mass is 10.0. The number of benzene rings is 1. The van der Waals surface area contributed by atoms with E-state index >= 15 is 0 Å². The van der Waals surface area contributed by atoms with Crippen LogP contribution in [0.25, 0.3) is 0 Å². The van der Waals surface area contributed by atoms with Crippen molar-refractivity contribution in [2.24, 2.45) is 0 Å². The van der Waals surface area contributed by atoms with Crippen LogP contribution in [0.15, 0.2) is 24.3 Å². The molecule has 0 aliphatic heterocycles. The molecule has 0 aliphatic rings. The second kappa shape index (κ2) is 7.01. The highest BCUT2D eigenvalue weighted by molar-refractivity contribution is 5.71. The summed E-state index contributed by atoms with van der Waals surface area (Å²) in [5.41, 5.74) is 1.22. The highest BCUT2D eigenvalue weighted by atomic mass is 16.6. The van der Waals surface area contributed by atoms with Gasteiger partial charge in [-0.05, 0) is 30.5 Å². The Balaban J connectivity index is 2.37. The van der Waals surface area contributed by atoms with Gasteiger partial charge in [-0.3, -0.25) is 0 Å². The molecule has 0 bridgehead atoms. The van der Waals surface area contributed by atoms with Crippen LogP contribution in [0.4, 0.5) is 0 Å². The van der Waals surface area contributed by atoms with E-state index in [2.05, 4.69) is 13.8 Å². The minimum absolute atomic E-state index is 0.00548. The molecule has 0 spiro atoms. The molecule has 100 valence electrons. The minimum atomic E-state index is -0.653. The maximum absolute atomic E-state index is 11.2. The zero-order valence-electron chi connectivity index (χ0n) is 11.1. The number of aliphatic hydroxyl groups is 1. The van der Waals surface area contributed by atoms with E-state index in [9.17, 15) is 4.79 Å². The van der Waals surface area contributed by atoms with Crippen molar-refractivity contribution in [2.45, 2.75) is 32.8 Å². The quantitative estimate of drug-likeness (QED) is 0.788. The first-order valence-electron chi connectivity index (χ1n) is 6.05.